The zero-order valence-electron chi connectivity index (χ0n) is 22.8. The molecule has 13 heteroatoms. The Hall–Kier alpha value is -3.42. The lowest BCUT2D eigenvalue weighted by molar-refractivity contribution is -0.385. The van der Waals surface area contributed by atoms with Crippen LogP contribution in [0.3, 0.4) is 0 Å². The van der Waals surface area contributed by atoms with Gasteiger partial charge in [-0.1, -0.05) is 15.9 Å². The average molecular weight is 615 g/mol. The summed E-state index contributed by atoms with van der Waals surface area (Å²) >= 11 is 2.99. The molecular weight excluding hydrogens is 580 g/mol. The highest BCUT2D eigenvalue weighted by atomic mass is 79.9. The third-order valence-electron chi connectivity index (χ3n) is 3.91. The number of aliphatic hydroxyl groups excluding tert-OH is 1. The zero-order valence-corrected chi connectivity index (χ0v) is 24.4. The zero-order chi connectivity index (χ0) is 30.2. The maximum Gasteiger partial charge on any atom is 0.332 e. The number of benzene rings is 2. The highest BCUT2D eigenvalue weighted by molar-refractivity contribution is 9.09. The number of carbonyl (C=O) groups is 2. The SMILES string of the molecule is CC(C)(C)OC(=O)CBr.CC(C)(C)OC(=O)COCc1ccc([N+](=O)[O-])cc1.O=[N+]([O-])c1ccc(CO)cc1. The second-order valence-electron chi connectivity index (χ2n) is 9.80. The Morgan fingerprint density at radius 3 is 1.46 bits per heavy atom. The van der Waals surface area contributed by atoms with Crippen molar-refractivity contribution in [1.82, 2.24) is 0 Å². The number of rotatable bonds is 8. The van der Waals surface area contributed by atoms with Gasteiger partial charge in [0.05, 0.1) is 23.1 Å². The van der Waals surface area contributed by atoms with Gasteiger partial charge in [0.2, 0.25) is 0 Å². The fourth-order valence-corrected chi connectivity index (χ4v) is 2.54. The van der Waals surface area contributed by atoms with Gasteiger partial charge in [-0.3, -0.25) is 25.0 Å². The van der Waals surface area contributed by atoms with E-state index in [2.05, 4.69) is 15.9 Å². The smallest absolute Gasteiger partial charge is 0.332 e. The van der Waals surface area contributed by atoms with Gasteiger partial charge < -0.3 is 19.3 Å². The predicted molar refractivity (Wildman–Crippen MR) is 147 cm³/mol. The predicted octanol–water partition coefficient (Wildman–Crippen LogP) is 5.26. The molecule has 39 heavy (non-hydrogen) atoms. The monoisotopic (exact) mass is 614 g/mol. The topological polar surface area (TPSA) is 168 Å². The van der Waals surface area contributed by atoms with Crippen molar-refractivity contribution in [2.24, 2.45) is 0 Å². The number of hydrogen-bond donors (Lipinski definition) is 1. The lowest BCUT2D eigenvalue weighted by atomic mass is 10.2. The number of ether oxygens (including phenoxy) is 3. The van der Waals surface area contributed by atoms with Crippen molar-refractivity contribution in [3.63, 3.8) is 0 Å². The highest BCUT2D eigenvalue weighted by Crippen LogP contribution is 2.13. The summed E-state index contributed by atoms with van der Waals surface area (Å²) < 4.78 is 15.2. The fourth-order valence-electron chi connectivity index (χ4n) is 2.43. The molecule has 2 rings (SSSR count). The maximum absolute atomic E-state index is 11.4. The summed E-state index contributed by atoms with van der Waals surface area (Å²) in [4.78, 5) is 41.6. The largest absolute Gasteiger partial charge is 0.459 e. The van der Waals surface area contributed by atoms with Crippen molar-refractivity contribution in [3.05, 3.63) is 79.9 Å². The lowest BCUT2D eigenvalue weighted by Gasteiger charge is -2.19. The molecule has 0 aliphatic heterocycles. The van der Waals surface area contributed by atoms with Crippen molar-refractivity contribution >= 4 is 39.2 Å². The third kappa shape index (κ3) is 18.5. The molecule has 216 valence electrons. The maximum atomic E-state index is 11.4. The molecule has 0 aromatic heterocycles. The minimum Gasteiger partial charge on any atom is -0.459 e. The Bertz CT molecular complexity index is 1060. The molecule has 0 heterocycles. The molecule has 2 aromatic rings. The molecule has 0 saturated carbocycles. The molecule has 0 radical (unpaired) electrons. The van der Waals surface area contributed by atoms with Crippen LogP contribution < -0.4 is 0 Å². The first kappa shape index (κ1) is 35.6. The molecule has 2 aromatic carbocycles. The molecule has 0 aliphatic carbocycles. The van der Waals surface area contributed by atoms with Crippen LogP contribution in [0.25, 0.3) is 0 Å². The van der Waals surface area contributed by atoms with Gasteiger partial charge in [0, 0.05) is 24.3 Å². The molecule has 0 aliphatic rings. The van der Waals surface area contributed by atoms with Crippen LogP contribution in [0.15, 0.2) is 48.5 Å². The van der Waals surface area contributed by atoms with Gasteiger partial charge in [-0.25, -0.2) is 4.79 Å². The normalized spacial score (nSPS) is 10.7. The molecule has 0 amide bonds. The van der Waals surface area contributed by atoms with Crippen molar-refractivity contribution in [3.8, 4) is 0 Å². The minimum absolute atomic E-state index is 0.0240. The van der Waals surface area contributed by atoms with Crippen LogP contribution in [0.4, 0.5) is 11.4 Å². The van der Waals surface area contributed by atoms with E-state index < -0.39 is 21.4 Å². The first-order valence-electron chi connectivity index (χ1n) is 11.6. The Kier molecular flexibility index (Phi) is 15.7. The summed E-state index contributed by atoms with van der Waals surface area (Å²) in [6, 6.07) is 11.8. The molecule has 0 atom stereocenters. The highest BCUT2D eigenvalue weighted by Gasteiger charge is 2.16. The van der Waals surface area contributed by atoms with Crippen molar-refractivity contribution in [2.45, 2.75) is 66.0 Å². The van der Waals surface area contributed by atoms with Crippen LogP contribution in [0.1, 0.15) is 52.7 Å². The number of hydrogen-bond acceptors (Lipinski definition) is 10. The van der Waals surface area contributed by atoms with Gasteiger partial charge >= 0.3 is 11.9 Å². The number of halogens is 1. The Morgan fingerprint density at radius 2 is 1.15 bits per heavy atom. The van der Waals surface area contributed by atoms with Crippen LogP contribution in [-0.4, -0.2) is 50.0 Å². The van der Waals surface area contributed by atoms with E-state index in [-0.39, 0.29) is 48.1 Å². The number of non-ortho nitro benzene ring substituents is 2. The second-order valence-corrected chi connectivity index (χ2v) is 10.4. The summed E-state index contributed by atoms with van der Waals surface area (Å²) in [5.74, 6) is -0.656. The summed E-state index contributed by atoms with van der Waals surface area (Å²) in [6.07, 6.45) is 0. The molecule has 0 bridgehead atoms. The molecule has 0 fully saturated rings. The molecule has 0 spiro atoms. The quantitative estimate of drug-likeness (QED) is 0.179. The average Bonchev–Trinajstić information content (AvgIpc) is 2.83. The third-order valence-corrected chi connectivity index (χ3v) is 4.37. The van der Waals surface area contributed by atoms with Crippen molar-refractivity contribution < 1.29 is 38.8 Å². The van der Waals surface area contributed by atoms with Gasteiger partial charge in [-0.05, 0) is 76.9 Å². The van der Waals surface area contributed by atoms with E-state index in [4.69, 9.17) is 19.3 Å². The molecular formula is C26H35BrN2O10. The van der Waals surface area contributed by atoms with E-state index in [1.807, 2.05) is 20.8 Å². The van der Waals surface area contributed by atoms with E-state index in [1.54, 1.807) is 32.9 Å². The number of alkyl halides is 1. The standard InChI is InChI=1S/C13H17NO5.C7H7NO3.C6H11BrO2/c1-13(2,3)19-12(15)9-18-8-10-4-6-11(7-5-10)14(16)17;9-5-6-1-3-7(4-2-6)8(10)11;1-6(2,3)9-5(8)4-7/h4-7H,8-9H2,1-3H3;1-4,9H,5H2;4H2,1-3H3. The summed E-state index contributed by atoms with van der Waals surface area (Å²) in [5.41, 5.74) is 0.612. The Labute approximate surface area is 235 Å². The molecule has 12 nitrogen and oxygen atoms in total. The number of nitro benzene ring substituents is 2. The minimum atomic E-state index is -0.534. The molecule has 0 unspecified atom stereocenters. The van der Waals surface area contributed by atoms with Gasteiger partial charge in [0.15, 0.2) is 0 Å². The lowest BCUT2D eigenvalue weighted by Crippen LogP contribution is -2.26. The number of nitro groups is 2. The first-order chi connectivity index (χ1) is 18.0. The van der Waals surface area contributed by atoms with E-state index in [9.17, 15) is 29.8 Å². The van der Waals surface area contributed by atoms with Crippen LogP contribution >= 0.6 is 15.9 Å². The van der Waals surface area contributed by atoms with Gasteiger partial charge in [-0.2, -0.15) is 0 Å². The second kappa shape index (κ2) is 17.2. The van der Waals surface area contributed by atoms with Crippen LogP contribution in [0, 0.1) is 20.2 Å². The number of carbonyl (C=O) groups excluding carboxylic acids is 2. The van der Waals surface area contributed by atoms with Crippen LogP contribution in [0.5, 0.6) is 0 Å². The van der Waals surface area contributed by atoms with Gasteiger partial charge in [-0.15, -0.1) is 0 Å². The molecule has 1 N–H and O–H groups in total. The summed E-state index contributed by atoms with van der Waals surface area (Å²) in [6.45, 7) is 10.8. The van der Waals surface area contributed by atoms with E-state index in [0.29, 0.717) is 5.56 Å². The van der Waals surface area contributed by atoms with Crippen molar-refractivity contribution in [2.75, 3.05) is 11.9 Å². The van der Waals surface area contributed by atoms with E-state index in [0.717, 1.165) is 5.56 Å². The first-order valence-corrected chi connectivity index (χ1v) is 12.7. The summed E-state index contributed by atoms with van der Waals surface area (Å²) in [5, 5.41) is 29.5. The Morgan fingerprint density at radius 1 is 0.769 bits per heavy atom. The number of esters is 2. The Balaban J connectivity index is 0.000000612. The van der Waals surface area contributed by atoms with Crippen molar-refractivity contribution in [1.29, 1.82) is 0 Å². The number of nitrogens with zero attached hydrogens (tertiary/aromatic N) is 2. The summed E-state index contributed by atoms with van der Waals surface area (Å²) in [7, 11) is 0. The number of aliphatic hydroxyl groups is 1. The van der Waals surface area contributed by atoms with E-state index >= 15 is 0 Å². The van der Waals surface area contributed by atoms with Gasteiger partial charge in [0.1, 0.15) is 23.1 Å². The van der Waals surface area contributed by atoms with Gasteiger partial charge in [0.25, 0.3) is 11.4 Å². The van der Waals surface area contributed by atoms with Crippen LogP contribution in [0.2, 0.25) is 0 Å². The van der Waals surface area contributed by atoms with Crippen LogP contribution in [-0.2, 0) is 37.0 Å². The van der Waals surface area contributed by atoms with E-state index in [1.165, 1.54) is 36.4 Å². The fraction of sp³-hybridized carbons (Fsp3) is 0.462. The molecule has 0 saturated heterocycles.